The van der Waals surface area contributed by atoms with E-state index in [9.17, 15) is 9.59 Å². The summed E-state index contributed by atoms with van der Waals surface area (Å²) in [4.78, 5) is 30.3. The van der Waals surface area contributed by atoms with Crippen LogP contribution < -0.4 is 0 Å². The second-order valence-corrected chi connectivity index (χ2v) is 7.27. The Morgan fingerprint density at radius 1 is 1.11 bits per heavy atom. The molecule has 0 spiro atoms. The molecule has 0 bridgehead atoms. The fraction of sp³-hybridized carbons (Fsp3) is 0.304. The molecule has 1 aliphatic heterocycles. The van der Waals surface area contributed by atoms with E-state index in [-0.39, 0.29) is 17.9 Å². The summed E-state index contributed by atoms with van der Waals surface area (Å²) >= 11 is 0. The van der Waals surface area contributed by atoms with Crippen molar-refractivity contribution in [3.05, 3.63) is 71.4 Å². The minimum atomic E-state index is -0.602. The number of aryl methyl sites for hydroxylation is 1. The van der Waals surface area contributed by atoms with Crippen molar-refractivity contribution in [2.24, 2.45) is 0 Å². The number of fused-ring (bicyclic) bond motifs is 3. The Kier molecular flexibility index (Phi) is 4.90. The van der Waals surface area contributed by atoms with E-state index in [0.29, 0.717) is 6.42 Å². The summed E-state index contributed by atoms with van der Waals surface area (Å²) in [6.45, 7) is 1.53. The fourth-order valence-corrected chi connectivity index (χ4v) is 4.38. The molecule has 0 fully saturated rings. The number of ether oxygens (including phenoxy) is 1. The SMILES string of the molecule is COC(=O)[C@@H]1Cc2c([nH]c3ccccc23)[C@H](CCc2ccccc2)N1C(C)=O. The van der Waals surface area contributed by atoms with Gasteiger partial charge in [-0.2, -0.15) is 0 Å². The van der Waals surface area contributed by atoms with Gasteiger partial charge >= 0.3 is 5.97 Å². The van der Waals surface area contributed by atoms with Crippen molar-refractivity contribution in [2.45, 2.75) is 38.3 Å². The first-order valence-corrected chi connectivity index (χ1v) is 9.60. The minimum Gasteiger partial charge on any atom is -0.467 e. The van der Waals surface area contributed by atoms with Gasteiger partial charge in [0, 0.05) is 29.9 Å². The minimum absolute atomic E-state index is 0.113. The van der Waals surface area contributed by atoms with Gasteiger partial charge in [-0.1, -0.05) is 48.5 Å². The van der Waals surface area contributed by atoms with Crippen molar-refractivity contribution in [3.8, 4) is 0 Å². The van der Waals surface area contributed by atoms with Crippen LogP contribution in [-0.2, 0) is 27.2 Å². The Hall–Kier alpha value is -3.08. The standard InChI is InChI=1S/C23H24N2O3/c1-15(26)25-20(13-12-16-8-4-3-5-9-16)22-18(14-21(25)23(27)28-2)17-10-6-7-11-19(17)24-22/h3-11,20-21,24H,12-14H2,1-2H3/t20-,21-/m0/s1. The van der Waals surface area contributed by atoms with E-state index in [4.69, 9.17) is 4.74 Å². The van der Waals surface area contributed by atoms with Gasteiger partial charge in [0.15, 0.2) is 0 Å². The molecule has 1 aliphatic rings. The van der Waals surface area contributed by atoms with E-state index in [1.807, 2.05) is 36.4 Å². The van der Waals surface area contributed by atoms with Gasteiger partial charge in [0.05, 0.1) is 13.2 Å². The summed E-state index contributed by atoms with van der Waals surface area (Å²) in [5.41, 5.74) is 4.39. The lowest BCUT2D eigenvalue weighted by Gasteiger charge is -2.40. The molecule has 5 nitrogen and oxygen atoms in total. The maximum absolute atomic E-state index is 12.6. The number of aromatic amines is 1. The number of nitrogens with one attached hydrogen (secondary N) is 1. The van der Waals surface area contributed by atoms with Crippen LogP contribution in [0.3, 0.4) is 0 Å². The first-order chi connectivity index (χ1) is 13.6. The highest BCUT2D eigenvalue weighted by Crippen LogP contribution is 2.39. The van der Waals surface area contributed by atoms with Crippen LogP contribution >= 0.6 is 0 Å². The zero-order chi connectivity index (χ0) is 19.7. The predicted octanol–water partition coefficient (Wildman–Crippen LogP) is 3.79. The van der Waals surface area contributed by atoms with Crippen LogP contribution in [0.4, 0.5) is 0 Å². The molecule has 5 heteroatoms. The van der Waals surface area contributed by atoms with Gasteiger partial charge < -0.3 is 14.6 Å². The first-order valence-electron chi connectivity index (χ1n) is 9.60. The van der Waals surface area contributed by atoms with Gasteiger partial charge in [-0.15, -0.1) is 0 Å². The monoisotopic (exact) mass is 376 g/mol. The highest BCUT2D eigenvalue weighted by molar-refractivity contribution is 5.89. The quantitative estimate of drug-likeness (QED) is 0.705. The van der Waals surface area contributed by atoms with Crippen molar-refractivity contribution < 1.29 is 14.3 Å². The normalized spacial score (nSPS) is 18.7. The number of H-pyrrole nitrogens is 1. The Labute approximate surface area is 164 Å². The third-order valence-electron chi connectivity index (χ3n) is 5.64. The number of hydrogen-bond acceptors (Lipinski definition) is 3. The number of nitrogens with zero attached hydrogens (tertiary/aromatic N) is 1. The van der Waals surface area contributed by atoms with Gasteiger partial charge in [-0.05, 0) is 30.0 Å². The Morgan fingerprint density at radius 3 is 2.54 bits per heavy atom. The number of para-hydroxylation sites is 1. The molecule has 0 saturated carbocycles. The van der Waals surface area contributed by atoms with Crippen LogP contribution in [0.5, 0.6) is 0 Å². The van der Waals surface area contributed by atoms with E-state index in [1.165, 1.54) is 19.6 Å². The number of rotatable bonds is 4. The molecule has 28 heavy (non-hydrogen) atoms. The molecule has 0 unspecified atom stereocenters. The molecule has 3 aromatic rings. The number of carbonyl (C=O) groups excluding carboxylic acids is 2. The number of esters is 1. The van der Waals surface area contributed by atoms with Crippen LogP contribution in [0.2, 0.25) is 0 Å². The van der Waals surface area contributed by atoms with Crippen LogP contribution in [0.1, 0.15) is 36.2 Å². The molecule has 2 atom stereocenters. The number of aromatic nitrogens is 1. The smallest absolute Gasteiger partial charge is 0.328 e. The molecular weight excluding hydrogens is 352 g/mol. The third-order valence-corrected chi connectivity index (χ3v) is 5.64. The average molecular weight is 376 g/mol. The van der Waals surface area contributed by atoms with Crippen LogP contribution in [0.25, 0.3) is 10.9 Å². The number of methoxy groups -OCH3 is 1. The molecule has 1 amide bonds. The molecule has 0 saturated heterocycles. The largest absolute Gasteiger partial charge is 0.467 e. The van der Waals surface area contributed by atoms with Crippen LogP contribution in [0.15, 0.2) is 54.6 Å². The van der Waals surface area contributed by atoms with Crippen molar-refractivity contribution in [1.29, 1.82) is 0 Å². The molecule has 2 heterocycles. The van der Waals surface area contributed by atoms with Gasteiger partial charge in [0.1, 0.15) is 6.04 Å². The lowest BCUT2D eigenvalue weighted by molar-refractivity contribution is -0.155. The highest BCUT2D eigenvalue weighted by atomic mass is 16.5. The number of carbonyl (C=O) groups is 2. The van der Waals surface area contributed by atoms with Crippen molar-refractivity contribution >= 4 is 22.8 Å². The lowest BCUT2D eigenvalue weighted by Crippen LogP contribution is -2.51. The van der Waals surface area contributed by atoms with Crippen LogP contribution in [-0.4, -0.2) is 34.9 Å². The summed E-state index contributed by atoms with van der Waals surface area (Å²) < 4.78 is 5.04. The van der Waals surface area contributed by atoms with Crippen molar-refractivity contribution in [2.75, 3.05) is 7.11 Å². The number of amides is 1. The maximum Gasteiger partial charge on any atom is 0.328 e. The van der Waals surface area contributed by atoms with E-state index < -0.39 is 6.04 Å². The van der Waals surface area contributed by atoms with E-state index in [0.717, 1.165) is 35.0 Å². The van der Waals surface area contributed by atoms with Gasteiger partial charge in [0.2, 0.25) is 5.91 Å². The summed E-state index contributed by atoms with van der Waals surface area (Å²) in [5.74, 6) is -0.478. The summed E-state index contributed by atoms with van der Waals surface area (Å²) in [6.07, 6.45) is 2.02. The van der Waals surface area contributed by atoms with E-state index >= 15 is 0 Å². The second-order valence-electron chi connectivity index (χ2n) is 7.27. The Morgan fingerprint density at radius 2 is 1.82 bits per heavy atom. The second kappa shape index (κ2) is 7.50. The predicted molar refractivity (Wildman–Crippen MR) is 108 cm³/mol. The molecule has 0 radical (unpaired) electrons. The van der Waals surface area contributed by atoms with Gasteiger partial charge in [0.25, 0.3) is 0 Å². The highest BCUT2D eigenvalue weighted by Gasteiger charge is 2.41. The molecular formula is C23H24N2O3. The molecule has 0 aliphatic carbocycles. The summed E-state index contributed by atoms with van der Waals surface area (Å²) in [7, 11) is 1.38. The molecule has 144 valence electrons. The topological polar surface area (TPSA) is 62.4 Å². The zero-order valence-corrected chi connectivity index (χ0v) is 16.1. The summed E-state index contributed by atoms with van der Waals surface area (Å²) in [6, 6.07) is 17.5. The average Bonchev–Trinajstić information content (AvgIpc) is 3.10. The van der Waals surface area contributed by atoms with E-state index in [2.05, 4.69) is 23.2 Å². The Bertz CT molecular complexity index is 1010. The van der Waals surface area contributed by atoms with Crippen molar-refractivity contribution in [1.82, 2.24) is 9.88 Å². The molecule has 1 aromatic heterocycles. The molecule has 4 rings (SSSR count). The zero-order valence-electron chi connectivity index (χ0n) is 16.1. The maximum atomic E-state index is 12.6. The number of hydrogen-bond donors (Lipinski definition) is 1. The van der Waals surface area contributed by atoms with E-state index in [1.54, 1.807) is 4.90 Å². The Balaban J connectivity index is 1.79. The first kappa shape index (κ1) is 18.3. The fourth-order valence-electron chi connectivity index (χ4n) is 4.38. The van der Waals surface area contributed by atoms with Crippen molar-refractivity contribution in [3.63, 3.8) is 0 Å². The van der Waals surface area contributed by atoms with Crippen LogP contribution in [0, 0.1) is 0 Å². The third kappa shape index (κ3) is 3.17. The summed E-state index contributed by atoms with van der Waals surface area (Å²) in [5, 5.41) is 1.11. The number of benzene rings is 2. The molecule has 2 aromatic carbocycles. The van der Waals surface area contributed by atoms with Gasteiger partial charge in [-0.25, -0.2) is 4.79 Å². The van der Waals surface area contributed by atoms with Gasteiger partial charge in [-0.3, -0.25) is 4.79 Å². The molecule has 1 N–H and O–H groups in total. The lowest BCUT2D eigenvalue weighted by atomic mass is 9.88.